The molecule has 0 aromatic carbocycles. The third kappa shape index (κ3) is 3.28. The van der Waals surface area contributed by atoms with E-state index in [2.05, 4.69) is 26.0 Å². The van der Waals surface area contributed by atoms with Crippen molar-refractivity contribution in [3.8, 4) is 0 Å². The molecule has 0 radical (unpaired) electrons. The SMILES string of the molecule is O=C(c1cnn2cc(N3CCOCC3)ccc12)N1CCc2[nH]cnc2C1c1cc2ccccn2n1. The number of aromatic amines is 1. The van der Waals surface area contributed by atoms with Crippen LogP contribution >= 0.6 is 0 Å². The van der Waals surface area contributed by atoms with Crippen molar-refractivity contribution in [2.24, 2.45) is 0 Å². The molecule has 5 aromatic heterocycles. The van der Waals surface area contributed by atoms with Crippen molar-refractivity contribution >= 4 is 22.6 Å². The molecule has 35 heavy (non-hydrogen) atoms. The fourth-order valence-electron chi connectivity index (χ4n) is 5.19. The highest BCUT2D eigenvalue weighted by Crippen LogP contribution is 2.35. The summed E-state index contributed by atoms with van der Waals surface area (Å²) in [6, 6.07) is 11.6. The summed E-state index contributed by atoms with van der Waals surface area (Å²) in [6.07, 6.45) is 7.98. The molecule has 10 heteroatoms. The zero-order valence-corrected chi connectivity index (χ0v) is 19.0. The number of morpholine rings is 1. The Balaban J connectivity index is 1.27. The lowest BCUT2D eigenvalue weighted by molar-refractivity contribution is 0.0689. The summed E-state index contributed by atoms with van der Waals surface area (Å²) in [4.78, 5) is 25.9. The van der Waals surface area contributed by atoms with Gasteiger partial charge in [-0.25, -0.2) is 14.0 Å². The second-order valence-corrected chi connectivity index (χ2v) is 8.93. The van der Waals surface area contributed by atoms with Crippen molar-refractivity contribution in [3.63, 3.8) is 0 Å². The van der Waals surface area contributed by atoms with Crippen LogP contribution in [0.15, 0.2) is 61.3 Å². The van der Waals surface area contributed by atoms with Gasteiger partial charge < -0.3 is 19.5 Å². The quantitative estimate of drug-likeness (QED) is 0.437. The fourth-order valence-corrected chi connectivity index (χ4v) is 5.19. The van der Waals surface area contributed by atoms with Gasteiger partial charge in [0.2, 0.25) is 0 Å². The number of carbonyl (C=O) groups excluding carboxylic acids is 1. The molecule has 176 valence electrons. The number of imidazole rings is 1. The van der Waals surface area contributed by atoms with Gasteiger partial charge in [0.05, 0.1) is 65.6 Å². The van der Waals surface area contributed by atoms with Crippen molar-refractivity contribution < 1.29 is 9.53 Å². The third-order valence-corrected chi connectivity index (χ3v) is 6.96. The number of pyridine rings is 2. The average Bonchev–Trinajstić information content (AvgIpc) is 3.65. The molecule has 7 rings (SSSR count). The number of ether oxygens (including phenoxy) is 1. The first-order valence-corrected chi connectivity index (χ1v) is 11.8. The van der Waals surface area contributed by atoms with Crippen molar-refractivity contribution in [2.45, 2.75) is 12.5 Å². The standard InChI is InChI=1S/C25H24N8O2/c34-25(19-14-28-33-15-18(4-5-22(19)33)30-9-11-35-12-10-30)31-8-6-20-23(27-16-26-20)24(31)21-13-17-3-1-2-7-32(17)29-21/h1-5,7,13-16,24H,6,8-12H2,(H,26,27). The number of rotatable bonds is 3. The molecular weight excluding hydrogens is 444 g/mol. The lowest BCUT2D eigenvalue weighted by Crippen LogP contribution is -2.41. The maximum absolute atomic E-state index is 14.0. The summed E-state index contributed by atoms with van der Waals surface area (Å²) >= 11 is 0. The van der Waals surface area contributed by atoms with Crippen LogP contribution < -0.4 is 4.90 Å². The zero-order valence-electron chi connectivity index (χ0n) is 19.0. The molecule has 2 aliphatic heterocycles. The van der Waals surface area contributed by atoms with Gasteiger partial charge in [-0.15, -0.1) is 0 Å². The van der Waals surface area contributed by atoms with Gasteiger partial charge in [0.1, 0.15) is 6.04 Å². The van der Waals surface area contributed by atoms with E-state index in [9.17, 15) is 4.79 Å². The highest BCUT2D eigenvalue weighted by atomic mass is 16.5. The number of aromatic nitrogens is 6. The van der Waals surface area contributed by atoms with Gasteiger partial charge in [0.25, 0.3) is 5.91 Å². The third-order valence-electron chi connectivity index (χ3n) is 6.96. The van der Waals surface area contributed by atoms with E-state index in [1.54, 1.807) is 17.0 Å². The van der Waals surface area contributed by atoms with Crippen LogP contribution in [0.4, 0.5) is 5.69 Å². The molecule has 0 bridgehead atoms. The Kier molecular flexibility index (Phi) is 4.59. The van der Waals surface area contributed by atoms with Crippen molar-refractivity contribution in [3.05, 3.63) is 84.0 Å². The van der Waals surface area contributed by atoms with Crippen LogP contribution in [0.2, 0.25) is 0 Å². The summed E-state index contributed by atoms with van der Waals surface area (Å²) in [6.45, 7) is 3.69. The lowest BCUT2D eigenvalue weighted by Gasteiger charge is -2.33. The van der Waals surface area contributed by atoms with Gasteiger partial charge in [-0.1, -0.05) is 6.07 Å². The molecule has 0 saturated carbocycles. The minimum absolute atomic E-state index is 0.0742. The van der Waals surface area contributed by atoms with E-state index < -0.39 is 0 Å². The Bertz CT molecular complexity index is 1510. The number of amides is 1. The molecule has 7 heterocycles. The van der Waals surface area contributed by atoms with Crippen LogP contribution in [0.5, 0.6) is 0 Å². The van der Waals surface area contributed by atoms with E-state index in [1.807, 2.05) is 52.1 Å². The summed E-state index contributed by atoms with van der Waals surface area (Å²) in [5.74, 6) is -0.0742. The maximum Gasteiger partial charge on any atom is 0.258 e. The fraction of sp³-hybridized carbons (Fsp3) is 0.280. The predicted octanol–water partition coefficient (Wildman–Crippen LogP) is 2.33. The van der Waals surface area contributed by atoms with E-state index in [4.69, 9.17) is 9.84 Å². The molecule has 1 saturated heterocycles. The second kappa shape index (κ2) is 7.95. The number of hydrogen-bond donors (Lipinski definition) is 1. The Morgan fingerprint density at radius 2 is 2.00 bits per heavy atom. The minimum atomic E-state index is -0.375. The highest BCUT2D eigenvalue weighted by molar-refractivity contribution is 6.01. The van der Waals surface area contributed by atoms with E-state index in [0.717, 1.165) is 60.1 Å². The Hall–Kier alpha value is -4.18. The van der Waals surface area contributed by atoms with Crippen LogP contribution in [0.25, 0.3) is 11.0 Å². The summed E-state index contributed by atoms with van der Waals surface area (Å²) in [7, 11) is 0. The number of hydrogen-bond acceptors (Lipinski definition) is 6. The lowest BCUT2D eigenvalue weighted by atomic mass is 9.98. The van der Waals surface area contributed by atoms with Crippen LogP contribution in [0, 0.1) is 0 Å². The van der Waals surface area contributed by atoms with Gasteiger partial charge in [0.15, 0.2) is 0 Å². The molecule has 1 unspecified atom stereocenters. The molecule has 1 N–H and O–H groups in total. The van der Waals surface area contributed by atoms with Crippen molar-refractivity contribution in [1.29, 1.82) is 0 Å². The number of H-pyrrole nitrogens is 1. The highest BCUT2D eigenvalue weighted by Gasteiger charge is 2.37. The number of fused-ring (bicyclic) bond motifs is 3. The molecule has 2 aliphatic rings. The second-order valence-electron chi connectivity index (χ2n) is 8.93. The Morgan fingerprint density at radius 3 is 2.89 bits per heavy atom. The summed E-state index contributed by atoms with van der Waals surface area (Å²) in [5, 5.41) is 9.31. The van der Waals surface area contributed by atoms with Crippen LogP contribution in [0.3, 0.4) is 0 Å². The average molecular weight is 469 g/mol. The van der Waals surface area contributed by atoms with Crippen LogP contribution in [-0.4, -0.2) is 72.9 Å². The predicted molar refractivity (Wildman–Crippen MR) is 129 cm³/mol. The maximum atomic E-state index is 14.0. The van der Waals surface area contributed by atoms with E-state index >= 15 is 0 Å². The van der Waals surface area contributed by atoms with E-state index in [0.29, 0.717) is 18.5 Å². The Morgan fingerprint density at radius 1 is 1.09 bits per heavy atom. The molecule has 0 spiro atoms. The van der Waals surface area contributed by atoms with Crippen molar-refractivity contribution in [2.75, 3.05) is 37.7 Å². The molecule has 5 aromatic rings. The molecule has 0 aliphatic carbocycles. The first-order chi connectivity index (χ1) is 17.3. The Labute approximate surface area is 200 Å². The first-order valence-electron chi connectivity index (χ1n) is 11.8. The smallest absolute Gasteiger partial charge is 0.258 e. The molecular formula is C25H24N8O2. The van der Waals surface area contributed by atoms with Gasteiger partial charge in [-0.2, -0.15) is 10.2 Å². The molecule has 1 fully saturated rings. The van der Waals surface area contributed by atoms with Crippen LogP contribution in [0.1, 0.15) is 33.5 Å². The number of carbonyl (C=O) groups is 1. The van der Waals surface area contributed by atoms with Gasteiger partial charge in [-0.05, 0) is 30.3 Å². The largest absolute Gasteiger partial charge is 0.378 e. The van der Waals surface area contributed by atoms with Gasteiger partial charge in [-0.3, -0.25) is 4.79 Å². The molecule has 1 atom stereocenters. The van der Waals surface area contributed by atoms with Crippen LogP contribution in [-0.2, 0) is 11.2 Å². The topological polar surface area (TPSA) is 96.1 Å². The molecule has 1 amide bonds. The van der Waals surface area contributed by atoms with E-state index in [1.165, 1.54) is 0 Å². The van der Waals surface area contributed by atoms with Gasteiger partial charge in [0, 0.05) is 37.9 Å². The number of anilines is 1. The zero-order chi connectivity index (χ0) is 23.4. The number of nitrogens with one attached hydrogen (secondary N) is 1. The monoisotopic (exact) mass is 468 g/mol. The van der Waals surface area contributed by atoms with Crippen molar-refractivity contribution in [1.82, 2.24) is 34.1 Å². The minimum Gasteiger partial charge on any atom is -0.378 e. The van der Waals surface area contributed by atoms with E-state index in [-0.39, 0.29) is 11.9 Å². The normalized spacial score (nSPS) is 18.3. The first kappa shape index (κ1) is 20.2. The summed E-state index contributed by atoms with van der Waals surface area (Å²) in [5.41, 5.74) is 6.10. The summed E-state index contributed by atoms with van der Waals surface area (Å²) < 4.78 is 9.10. The van der Waals surface area contributed by atoms with Gasteiger partial charge >= 0.3 is 0 Å². The molecule has 10 nitrogen and oxygen atoms in total. The number of nitrogens with zero attached hydrogens (tertiary/aromatic N) is 7.